The maximum absolute atomic E-state index is 13.2. The van der Waals surface area contributed by atoms with Crippen molar-refractivity contribution in [2.75, 3.05) is 26.3 Å². The Bertz CT molecular complexity index is 1220. The van der Waals surface area contributed by atoms with Crippen LogP contribution in [0, 0.1) is 0 Å². The monoisotopic (exact) mass is 464 g/mol. The van der Waals surface area contributed by atoms with Crippen LogP contribution in [0.4, 0.5) is 0 Å². The van der Waals surface area contributed by atoms with Gasteiger partial charge in [-0.15, -0.1) is 0 Å². The Morgan fingerprint density at radius 3 is 2.06 bits per heavy atom. The highest BCUT2D eigenvalue weighted by Gasteiger charge is 2.32. The lowest BCUT2D eigenvalue weighted by atomic mass is 9.87. The van der Waals surface area contributed by atoms with E-state index in [9.17, 15) is 13.2 Å². The fraction of sp³-hybridized carbons (Fsp3) is 0.240. The highest BCUT2D eigenvalue weighted by Crippen LogP contribution is 2.43. The van der Waals surface area contributed by atoms with Crippen molar-refractivity contribution in [2.45, 2.75) is 17.4 Å². The van der Waals surface area contributed by atoms with Crippen LogP contribution in [0.1, 0.15) is 22.6 Å². The summed E-state index contributed by atoms with van der Waals surface area (Å²) in [6, 6.07) is 21.7. The number of ether oxygens (including phenoxy) is 2. The molecule has 0 bridgehead atoms. The van der Waals surface area contributed by atoms with Gasteiger partial charge in [-0.3, -0.25) is 4.79 Å². The topological polar surface area (TPSA) is 84.9 Å². The molecule has 0 saturated carbocycles. The van der Waals surface area contributed by atoms with E-state index in [0.717, 1.165) is 16.7 Å². The minimum atomic E-state index is -3.54. The van der Waals surface area contributed by atoms with Gasteiger partial charge in [0.2, 0.25) is 15.9 Å². The predicted molar refractivity (Wildman–Crippen MR) is 123 cm³/mol. The second kappa shape index (κ2) is 8.97. The molecule has 0 radical (unpaired) electrons. The third kappa shape index (κ3) is 4.25. The number of amides is 1. The third-order valence-electron chi connectivity index (χ3n) is 5.94. The molecule has 0 unspecified atom stereocenters. The zero-order chi connectivity index (χ0) is 22.8. The first-order chi connectivity index (χ1) is 16.0. The van der Waals surface area contributed by atoms with Gasteiger partial charge in [-0.05, 0) is 29.8 Å². The number of hydrogen-bond donors (Lipinski definition) is 1. The summed E-state index contributed by atoms with van der Waals surface area (Å²) in [6.07, 6.45) is 0. The SMILES string of the molecule is O=C(NCc1ccc(S(=O)(=O)N2CCOCC2)cc1)C1c2ccccc2Oc2ccccc21. The average Bonchev–Trinajstić information content (AvgIpc) is 2.86. The first kappa shape index (κ1) is 21.6. The lowest BCUT2D eigenvalue weighted by Gasteiger charge is -2.27. The number of para-hydroxylation sites is 2. The van der Waals surface area contributed by atoms with E-state index >= 15 is 0 Å². The maximum Gasteiger partial charge on any atom is 0.243 e. The number of carbonyl (C=O) groups excluding carboxylic acids is 1. The van der Waals surface area contributed by atoms with Crippen LogP contribution in [0.2, 0.25) is 0 Å². The summed E-state index contributed by atoms with van der Waals surface area (Å²) in [6.45, 7) is 1.81. The minimum absolute atomic E-state index is 0.136. The van der Waals surface area contributed by atoms with E-state index in [-0.39, 0.29) is 10.8 Å². The molecule has 3 aromatic carbocycles. The Balaban J connectivity index is 1.31. The molecule has 0 aliphatic carbocycles. The van der Waals surface area contributed by atoms with E-state index in [0.29, 0.717) is 44.3 Å². The van der Waals surface area contributed by atoms with Gasteiger partial charge in [0.05, 0.1) is 24.0 Å². The molecule has 0 aromatic heterocycles. The molecule has 5 rings (SSSR count). The van der Waals surface area contributed by atoms with Gasteiger partial charge in [-0.2, -0.15) is 4.31 Å². The fourth-order valence-corrected chi connectivity index (χ4v) is 5.61. The molecule has 7 nitrogen and oxygen atoms in total. The van der Waals surface area contributed by atoms with E-state index < -0.39 is 15.9 Å². The number of carbonyl (C=O) groups is 1. The third-order valence-corrected chi connectivity index (χ3v) is 7.85. The highest BCUT2D eigenvalue weighted by atomic mass is 32.2. The normalized spacial score (nSPS) is 16.4. The number of rotatable bonds is 5. The Labute approximate surface area is 193 Å². The largest absolute Gasteiger partial charge is 0.457 e. The zero-order valence-electron chi connectivity index (χ0n) is 17.9. The van der Waals surface area contributed by atoms with Crippen molar-refractivity contribution in [1.29, 1.82) is 0 Å². The average molecular weight is 465 g/mol. The van der Waals surface area contributed by atoms with Crippen molar-refractivity contribution in [3.63, 3.8) is 0 Å². The molecule has 1 N–H and O–H groups in total. The Kier molecular flexibility index (Phi) is 5.88. The predicted octanol–water partition coefficient (Wildman–Crippen LogP) is 3.26. The van der Waals surface area contributed by atoms with Crippen molar-refractivity contribution >= 4 is 15.9 Å². The first-order valence-corrected chi connectivity index (χ1v) is 12.3. The van der Waals surface area contributed by atoms with E-state index in [1.54, 1.807) is 24.3 Å². The molecule has 0 spiro atoms. The van der Waals surface area contributed by atoms with E-state index in [1.807, 2.05) is 48.5 Å². The maximum atomic E-state index is 13.2. The van der Waals surface area contributed by atoms with Gasteiger partial charge in [-0.25, -0.2) is 8.42 Å². The first-order valence-electron chi connectivity index (χ1n) is 10.8. The van der Waals surface area contributed by atoms with Crippen molar-refractivity contribution in [2.24, 2.45) is 0 Å². The summed E-state index contributed by atoms with van der Waals surface area (Å²) in [5.74, 6) is 0.735. The molecule has 2 aliphatic rings. The number of nitrogens with zero attached hydrogens (tertiary/aromatic N) is 1. The van der Waals surface area contributed by atoms with Gasteiger partial charge in [0.1, 0.15) is 11.5 Å². The van der Waals surface area contributed by atoms with Crippen molar-refractivity contribution < 1.29 is 22.7 Å². The molecule has 3 aromatic rings. The second-order valence-electron chi connectivity index (χ2n) is 7.99. The van der Waals surface area contributed by atoms with Crippen LogP contribution in [0.3, 0.4) is 0 Å². The molecule has 8 heteroatoms. The van der Waals surface area contributed by atoms with Crippen LogP contribution < -0.4 is 10.1 Å². The van der Waals surface area contributed by atoms with Gasteiger partial charge in [0.15, 0.2) is 0 Å². The second-order valence-corrected chi connectivity index (χ2v) is 9.93. The van der Waals surface area contributed by atoms with Gasteiger partial charge < -0.3 is 14.8 Å². The lowest BCUT2D eigenvalue weighted by Crippen LogP contribution is -2.40. The summed E-state index contributed by atoms with van der Waals surface area (Å²) >= 11 is 0. The van der Waals surface area contributed by atoms with Crippen LogP contribution in [-0.4, -0.2) is 44.9 Å². The quantitative estimate of drug-likeness (QED) is 0.627. The van der Waals surface area contributed by atoms with Crippen molar-refractivity contribution in [3.8, 4) is 11.5 Å². The number of nitrogens with one attached hydrogen (secondary N) is 1. The Morgan fingerprint density at radius 1 is 0.879 bits per heavy atom. The van der Waals surface area contributed by atoms with E-state index in [1.165, 1.54) is 4.31 Å². The molecule has 2 aliphatic heterocycles. The number of benzene rings is 3. The van der Waals surface area contributed by atoms with Gasteiger partial charge in [0, 0.05) is 30.8 Å². The molecule has 1 fully saturated rings. The molecule has 0 atom stereocenters. The zero-order valence-corrected chi connectivity index (χ0v) is 18.8. The molecule has 2 heterocycles. The summed E-state index contributed by atoms with van der Waals surface area (Å²) < 4.78 is 38.2. The Morgan fingerprint density at radius 2 is 1.45 bits per heavy atom. The number of sulfonamides is 1. The van der Waals surface area contributed by atoms with Crippen molar-refractivity contribution in [1.82, 2.24) is 9.62 Å². The lowest BCUT2D eigenvalue weighted by molar-refractivity contribution is -0.122. The number of hydrogen-bond acceptors (Lipinski definition) is 5. The van der Waals surface area contributed by atoms with Crippen LogP contribution in [-0.2, 0) is 26.1 Å². The summed E-state index contributed by atoms with van der Waals surface area (Å²) in [7, 11) is -3.54. The van der Waals surface area contributed by atoms with Crippen LogP contribution >= 0.6 is 0 Å². The summed E-state index contributed by atoms with van der Waals surface area (Å²) in [4.78, 5) is 13.5. The van der Waals surface area contributed by atoms with Crippen LogP contribution in [0.5, 0.6) is 11.5 Å². The number of morpholine rings is 1. The van der Waals surface area contributed by atoms with Gasteiger partial charge in [0.25, 0.3) is 0 Å². The highest BCUT2D eigenvalue weighted by molar-refractivity contribution is 7.89. The van der Waals surface area contributed by atoms with Crippen LogP contribution in [0.15, 0.2) is 77.7 Å². The smallest absolute Gasteiger partial charge is 0.243 e. The molecular weight excluding hydrogens is 440 g/mol. The van der Waals surface area contributed by atoms with Gasteiger partial charge >= 0.3 is 0 Å². The molecule has 33 heavy (non-hydrogen) atoms. The molecule has 170 valence electrons. The molecule has 1 amide bonds. The molecular formula is C25H24N2O5S. The van der Waals surface area contributed by atoms with E-state index in [2.05, 4.69) is 5.32 Å². The standard InChI is InChI=1S/C25H24N2O5S/c28-25(24-20-5-1-3-7-22(20)32-23-8-4-2-6-21(23)24)26-17-18-9-11-19(12-10-18)33(29,30)27-13-15-31-16-14-27/h1-12,24H,13-17H2,(H,26,28). The van der Waals surface area contributed by atoms with E-state index in [4.69, 9.17) is 9.47 Å². The summed E-state index contributed by atoms with van der Waals surface area (Å²) in [5, 5.41) is 3.00. The summed E-state index contributed by atoms with van der Waals surface area (Å²) in [5.41, 5.74) is 2.46. The number of fused-ring (bicyclic) bond motifs is 2. The van der Waals surface area contributed by atoms with Crippen LogP contribution in [0.25, 0.3) is 0 Å². The van der Waals surface area contributed by atoms with Gasteiger partial charge in [-0.1, -0.05) is 48.5 Å². The Hall–Kier alpha value is -3.20. The molecule has 1 saturated heterocycles. The minimum Gasteiger partial charge on any atom is -0.457 e. The fourth-order valence-electron chi connectivity index (χ4n) is 4.20. The van der Waals surface area contributed by atoms with Crippen molar-refractivity contribution in [3.05, 3.63) is 89.5 Å².